The van der Waals surface area contributed by atoms with Gasteiger partial charge in [-0.1, -0.05) is 20.3 Å². The standard InChI is InChI=1S/C17H28N2O4/c1-5-9-17(3,23-10-6-2)16(20)19-14-7-8-15(18-13-14)22-12-11-21-4/h7-8,13H,5-6,9-12H2,1-4H3,(H,19,20)/t17-/m1/s1. The third-order valence-electron chi connectivity index (χ3n) is 3.36. The molecule has 0 bridgehead atoms. The van der Waals surface area contributed by atoms with E-state index in [1.54, 1.807) is 25.4 Å². The summed E-state index contributed by atoms with van der Waals surface area (Å²) < 4.78 is 16.1. The Kier molecular flexibility index (Phi) is 8.58. The summed E-state index contributed by atoms with van der Waals surface area (Å²) in [7, 11) is 1.61. The van der Waals surface area contributed by atoms with Gasteiger partial charge < -0.3 is 19.5 Å². The molecule has 0 unspecified atom stereocenters. The van der Waals surface area contributed by atoms with Crippen LogP contribution in [0.1, 0.15) is 40.0 Å². The van der Waals surface area contributed by atoms with Gasteiger partial charge in [-0.3, -0.25) is 4.79 Å². The molecule has 0 aliphatic rings. The predicted molar refractivity (Wildman–Crippen MR) is 89.8 cm³/mol. The maximum atomic E-state index is 12.5. The quantitative estimate of drug-likeness (QED) is 0.634. The fraction of sp³-hybridized carbons (Fsp3) is 0.647. The molecule has 0 saturated heterocycles. The molecule has 1 N–H and O–H groups in total. The molecule has 6 heteroatoms. The highest BCUT2D eigenvalue weighted by molar-refractivity contribution is 5.96. The summed E-state index contributed by atoms with van der Waals surface area (Å²) >= 11 is 0. The molecule has 1 atom stereocenters. The molecule has 0 fully saturated rings. The van der Waals surface area contributed by atoms with Gasteiger partial charge in [0.1, 0.15) is 12.2 Å². The van der Waals surface area contributed by atoms with Crippen molar-refractivity contribution in [2.24, 2.45) is 0 Å². The number of aromatic nitrogens is 1. The summed E-state index contributed by atoms with van der Waals surface area (Å²) in [6.07, 6.45) is 4.00. The SMILES string of the molecule is CCCO[C@](C)(CCC)C(=O)Nc1ccc(OCCOC)nc1. The fourth-order valence-electron chi connectivity index (χ4n) is 2.09. The maximum Gasteiger partial charge on any atom is 0.256 e. The Labute approximate surface area is 138 Å². The van der Waals surface area contributed by atoms with E-state index < -0.39 is 5.60 Å². The van der Waals surface area contributed by atoms with E-state index in [-0.39, 0.29) is 5.91 Å². The van der Waals surface area contributed by atoms with Crippen molar-refractivity contribution in [1.29, 1.82) is 0 Å². The first-order chi connectivity index (χ1) is 11.1. The van der Waals surface area contributed by atoms with Gasteiger partial charge in [-0.2, -0.15) is 0 Å². The number of hydrogen-bond acceptors (Lipinski definition) is 5. The minimum absolute atomic E-state index is 0.150. The van der Waals surface area contributed by atoms with Crippen LogP contribution in [-0.2, 0) is 14.3 Å². The van der Waals surface area contributed by atoms with Gasteiger partial charge in [-0.05, 0) is 25.8 Å². The van der Waals surface area contributed by atoms with Crippen LogP contribution < -0.4 is 10.1 Å². The van der Waals surface area contributed by atoms with Crippen LogP contribution in [0.15, 0.2) is 18.3 Å². The van der Waals surface area contributed by atoms with Gasteiger partial charge in [0.15, 0.2) is 0 Å². The summed E-state index contributed by atoms with van der Waals surface area (Å²) in [5.74, 6) is 0.348. The zero-order valence-corrected chi connectivity index (χ0v) is 14.6. The number of nitrogens with zero attached hydrogens (tertiary/aromatic N) is 1. The van der Waals surface area contributed by atoms with E-state index in [2.05, 4.69) is 10.3 Å². The molecule has 23 heavy (non-hydrogen) atoms. The van der Waals surface area contributed by atoms with Crippen LogP contribution in [0.2, 0.25) is 0 Å². The number of carbonyl (C=O) groups is 1. The third kappa shape index (κ3) is 6.54. The second-order valence-corrected chi connectivity index (χ2v) is 5.51. The zero-order chi connectivity index (χ0) is 17.1. The number of rotatable bonds is 11. The Hall–Kier alpha value is -1.66. The van der Waals surface area contributed by atoms with E-state index in [0.29, 0.717) is 37.8 Å². The Balaban J connectivity index is 2.63. The summed E-state index contributed by atoms with van der Waals surface area (Å²) in [6.45, 7) is 7.40. The molecule has 1 aromatic rings. The summed E-state index contributed by atoms with van der Waals surface area (Å²) in [6, 6.07) is 3.48. The van der Waals surface area contributed by atoms with E-state index in [1.165, 1.54) is 0 Å². The molecule has 0 radical (unpaired) electrons. The van der Waals surface area contributed by atoms with Gasteiger partial charge in [0, 0.05) is 19.8 Å². The van der Waals surface area contributed by atoms with Crippen molar-refractivity contribution in [2.45, 2.75) is 45.6 Å². The summed E-state index contributed by atoms with van der Waals surface area (Å²) in [4.78, 5) is 16.7. The second-order valence-electron chi connectivity index (χ2n) is 5.51. The fourth-order valence-corrected chi connectivity index (χ4v) is 2.09. The van der Waals surface area contributed by atoms with E-state index in [4.69, 9.17) is 14.2 Å². The lowest BCUT2D eigenvalue weighted by Gasteiger charge is -2.28. The van der Waals surface area contributed by atoms with Crippen molar-refractivity contribution in [2.75, 3.05) is 32.2 Å². The molecule has 1 aromatic heterocycles. The van der Waals surface area contributed by atoms with Gasteiger partial charge in [0.2, 0.25) is 5.88 Å². The number of methoxy groups -OCH3 is 1. The van der Waals surface area contributed by atoms with Crippen LogP contribution in [-0.4, -0.2) is 43.4 Å². The number of carbonyl (C=O) groups excluding carboxylic acids is 1. The molecule has 0 saturated carbocycles. The van der Waals surface area contributed by atoms with Gasteiger partial charge in [0.25, 0.3) is 5.91 Å². The lowest BCUT2D eigenvalue weighted by atomic mass is 9.99. The van der Waals surface area contributed by atoms with Crippen LogP contribution in [0.25, 0.3) is 0 Å². The molecule has 6 nitrogen and oxygen atoms in total. The molecular formula is C17H28N2O4. The molecule has 1 rings (SSSR count). The first-order valence-electron chi connectivity index (χ1n) is 8.09. The number of nitrogens with one attached hydrogen (secondary N) is 1. The number of amides is 1. The smallest absolute Gasteiger partial charge is 0.256 e. The van der Waals surface area contributed by atoms with E-state index in [1.807, 2.05) is 20.8 Å². The van der Waals surface area contributed by atoms with E-state index in [9.17, 15) is 4.79 Å². The predicted octanol–water partition coefficient (Wildman–Crippen LogP) is 3.03. The van der Waals surface area contributed by atoms with Crippen LogP contribution in [0.4, 0.5) is 5.69 Å². The molecule has 1 heterocycles. The molecule has 130 valence electrons. The highest BCUT2D eigenvalue weighted by Gasteiger charge is 2.33. The zero-order valence-electron chi connectivity index (χ0n) is 14.6. The van der Waals surface area contributed by atoms with Crippen molar-refractivity contribution in [1.82, 2.24) is 4.98 Å². The number of pyridine rings is 1. The monoisotopic (exact) mass is 324 g/mol. The maximum absolute atomic E-state index is 12.5. The van der Waals surface area contributed by atoms with Crippen molar-refractivity contribution in [3.63, 3.8) is 0 Å². The van der Waals surface area contributed by atoms with Crippen LogP contribution in [0.5, 0.6) is 5.88 Å². The molecule has 0 spiro atoms. The van der Waals surface area contributed by atoms with E-state index in [0.717, 1.165) is 12.8 Å². The number of ether oxygens (including phenoxy) is 3. The normalized spacial score (nSPS) is 13.4. The Morgan fingerprint density at radius 1 is 1.22 bits per heavy atom. The average Bonchev–Trinajstić information content (AvgIpc) is 2.55. The molecule has 0 aromatic carbocycles. The number of anilines is 1. The molecule has 0 aliphatic heterocycles. The minimum atomic E-state index is -0.821. The third-order valence-corrected chi connectivity index (χ3v) is 3.36. The Morgan fingerprint density at radius 3 is 2.57 bits per heavy atom. The van der Waals surface area contributed by atoms with Gasteiger partial charge in [-0.15, -0.1) is 0 Å². The largest absolute Gasteiger partial charge is 0.475 e. The van der Waals surface area contributed by atoms with Crippen LogP contribution in [0, 0.1) is 0 Å². The van der Waals surface area contributed by atoms with Crippen LogP contribution in [0.3, 0.4) is 0 Å². The Bertz CT molecular complexity index is 464. The highest BCUT2D eigenvalue weighted by Crippen LogP contribution is 2.21. The van der Waals surface area contributed by atoms with Crippen molar-refractivity contribution >= 4 is 11.6 Å². The molecule has 1 amide bonds. The van der Waals surface area contributed by atoms with Gasteiger partial charge >= 0.3 is 0 Å². The Morgan fingerprint density at radius 2 is 2.00 bits per heavy atom. The molecular weight excluding hydrogens is 296 g/mol. The lowest BCUT2D eigenvalue weighted by Crippen LogP contribution is -2.43. The molecule has 0 aliphatic carbocycles. The minimum Gasteiger partial charge on any atom is -0.475 e. The average molecular weight is 324 g/mol. The van der Waals surface area contributed by atoms with Gasteiger partial charge in [0.05, 0.1) is 18.5 Å². The first kappa shape index (κ1) is 19.4. The second kappa shape index (κ2) is 10.2. The number of hydrogen-bond donors (Lipinski definition) is 1. The van der Waals surface area contributed by atoms with Crippen molar-refractivity contribution < 1.29 is 19.0 Å². The first-order valence-corrected chi connectivity index (χ1v) is 8.09. The van der Waals surface area contributed by atoms with Gasteiger partial charge in [-0.25, -0.2) is 4.98 Å². The summed E-state index contributed by atoms with van der Waals surface area (Å²) in [5, 5.41) is 2.86. The highest BCUT2D eigenvalue weighted by atomic mass is 16.5. The van der Waals surface area contributed by atoms with Crippen molar-refractivity contribution in [3.05, 3.63) is 18.3 Å². The summed E-state index contributed by atoms with van der Waals surface area (Å²) in [5.41, 5.74) is -0.199. The van der Waals surface area contributed by atoms with Crippen molar-refractivity contribution in [3.8, 4) is 5.88 Å². The van der Waals surface area contributed by atoms with Crippen LogP contribution >= 0.6 is 0 Å². The topological polar surface area (TPSA) is 69.7 Å². The lowest BCUT2D eigenvalue weighted by molar-refractivity contribution is -0.140. The van der Waals surface area contributed by atoms with E-state index >= 15 is 0 Å².